The van der Waals surface area contributed by atoms with E-state index in [1.807, 2.05) is 30.0 Å². The van der Waals surface area contributed by atoms with Gasteiger partial charge in [-0.1, -0.05) is 30.3 Å². The van der Waals surface area contributed by atoms with E-state index >= 15 is 0 Å². The average Bonchev–Trinajstić information content (AvgIpc) is 3.17. The van der Waals surface area contributed by atoms with Crippen LogP contribution in [0.4, 0.5) is 5.82 Å². The van der Waals surface area contributed by atoms with Gasteiger partial charge >= 0.3 is 0 Å². The summed E-state index contributed by atoms with van der Waals surface area (Å²) in [6, 6.07) is 14.1. The Hall–Kier alpha value is -2.01. The summed E-state index contributed by atoms with van der Waals surface area (Å²) in [6.07, 6.45) is 4.11. The summed E-state index contributed by atoms with van der Waals surface area (Å²) in [4.78, 5) is 19.1. The van der Waals surface area contributed by atoms with Crippen molar-refractivity contribution in [1.82, 2.24) is 10.3 Å². The first-order valence-corrected chi connectivity index (χ1v) is 9.60. The second-order valence-electron chi connectivity index (χ2n) is 5.86. The van der Waals surface area contributed by atoms with Gasteiger partial charge in [0, 0.05) is 37.3 Å². The molecule has 1 aliphatic heterocycles. The quantitative estimate of drug-likeness (QED) is 0.785. The molecule has 2 aromatic rings. The van der Waals surface area contributed by atoms with Crippen LogP contribution in [0.3, 0.4) is 0 Å². The number of rotatable bonds is 7. The molecule has 0 unspecified atom stereocenters. The van der Waals surface area contributed by atoms with Crippen molar-refractivity contribution in [2.24, 2.45) is 0 Å². The number of hydrogen-bond acceptors (Lipinski definition) is 4. The fourth-order valence-corrected chi connectivity index (χ4v) is 3.67. The molecule has 4 nitrogen and oxygen atoms in total. The molecule has 1 amide bonds. The Kier molecular flexibility index (Phi) is 6.13. The number of nitrogens with zero attached hydrogens (tertiary/aromatic N) is 2. The summed E-state index contributed by atoms with van der Waals surface area (Å²) in [7, 11) is 0. The summed E-state index contributed by atoms with van der Waals surface area (Å²) in [6.45, 7) is 2.65. The maximum Gasteiger partial charge on any atom is 0.255 e. The van der Waals surface area contributed by atoms with Gasteiger partial charge < -0.3 is 10.2 Å². The van der Waals surface area contributed by atoms with E-state index in [-0.39, 0.29) is 5.91 Å². The molecular formula is C19H23N3OS. The number of carbonyl (C=O) groups is 1. The van der Waals surface area contributed by atoms with E-state index in [1.54, 1.807) is 6.20 Å². The van der Waals surface area contributed by atoms with Crippen LogP contribution in [0.15, 0.2) is 48.7 Å². The van der Waals surface area contributed by atoms with Gasteiger partial charge in [0.05, 0.1) is 5.56 Å². The van der Waals surface area contributed by atoms with E-state index in [4.69, 9.17) is 0 Å². The smallest absolute Gasteiger partial charge is 0.255 e. The molecule has 2 heterocycles. The lowest BCUT2D eigenvalue weighted by Crippen LogP contribution is -2.29. The summed E-state index contributed by atoms with van der Waals surface area (Å²) in [5.41, 5.74) is 2.00. The van der Waals surface area contributed by atoms with Crippen molar-refractivity contribution < 1.29 is 4.79 Å². The van der Waals surface area contributed by atoms with E-state index in [1.165, 1.54) is 18.4 Å². The number of pyridine rings is 1. The Morgan fingerprint density at radius 1 is 1.12 bits per heavy atom. The van der Waals surface area contributed by atoms with Crippen molar-refractivity contribution in [3.05, 3.63) is 59.8 Å². The molecule has 0 saturated carbocycles. The van der Waals surface area contributed by atoms with E-state index in [0.717, 1.165) is 30.4 Å². The predicted octanol–water partition coefficient (Wildman–Crippen LogP) is 3.35. The van der Waals surface area contributed by atoms with Gasteiger partial charge in [-0.15, -0.1) is 0 Å². The topological polar surface area (TPSA) is 45.2 Å². The van der Waals surface area contributed by atoms with Gasteiger partial charge in [-0.2, -0.15) is 11.8 Å². The van der Waals surface area contributed by atoms with Gasteiger partial charge in [0.1, 0.15) is 5.82 Å². The largest absolute Gasteiger partial charge is 0.356 e. The highest BCUT2D eigenvalue weighted by molar-refractivity contribution is 7.98. The molecule has 0 bridgehead atoms. The maximum atomic E-state index is 12.5. The molecular weight excluding hydrogens is 318 g/mol. The molecule has 1 fully saturated rings. The summed E-state index contributed by atoms with van der Waals surface area (Å²) >= 11 is 1.83. The maximum absolute atomic E-state index is 12.5. The second-order valence-corrected chi connectivity index (χ2v) is 6.97. The van der Waals surface area contributed by atoms with E-state index in [0.29, 0.717) is 12.1 Å². The van der Waals surface area contributed by atoms with Gasteiger partial charge in [-0.3, -0.25) is 4.79 Å². The first-order chi connectivity index (χ1) is 11.8. The van der Waals surface area contributed by atoms with Crippen molar-refractivity contribution >= 4 is 23.5 Å². The minimum atomic E-state index is -0.0229. The van der Waals surface area contributed by atoms with Crippen LogP contribution in [0.25, 0.3) is 0 Å². The van der Waals surface area contributed by atoms with Crippen LogP contribution in [0.2, 0.25) is 0 Å². The van der Waals surface area contributed by atoms with Gasteiger partial charge in [0.15, 0.2) is 0 Å². The first kappa shape index (κ1) is 16.8. The van der Waals surface area contributed by atoms with Gasteiger partial charge in [0.2, 0.25) is 0 Å². The summed E-state index contributed by atoms with van der Waals surface area (Å²) < 4.78 is 0. The third kappa shape index (κ3) is 4.51. The van der Waals surface area contributed by atoms with Crippen LogP contribution >= 0.6 is 11.8 Å². The molecule has 1 aliphatic rings. The lowest BCUT2D eigenvalue weighted by Gasteiger charge is -2.19. The zero-order valence-corrected chi connectivity index (χ0v) is 14.6. The minimum absolute atomic E-state index is 0.0229. The zero-order chi connectivity index (χ0) is 16.6. The highest BCUT2D eigenvalue weighted by atomic mass is 32.2. The van der Waals surface area contributed by atoms with Crippen molar-refractivity contribution in [3.63, 3.8) is 0 Å². The number of thioether (sulfide) groups is 1. The molecule has 0 aliphatic carbocycles. The van der Waals surface area contributed by atoms with Crippen molar-refractivity contribution in [2.45, 2.75) is 18.6 Å². The average molecular weight is 341 g/mol. The SMILES string of the molecule is O=C(NCCSCc1ccccc1)c1cccnc1N1CCCC1. The lowest BCUT2D eigenvalue weighted by atomic mass is 10.2. The Morgan fingerprint density at radius 3 is 2.71 bits per heavy atom. The predicted molar refractivity (Wildman–Crippen MR) is 101 cm³/mol. The molecule has 24 heavy (non-hydrogen) atoms. The van der Waals surface area contributed by atoms with Crippen molar-refractivity contribution in [1.29, 1.82) is 0 Å². The Morgan fingerprint density at radius 2 is 1.92 bits per heavy atom. The number of anilines is 1. The van der Waals surface area contributed by atoms with Crippen molar-refractivity contribution in [3.8, 4) is 0 Å². The minimum Gasteiger partial charge on any atom is -0.356 e. The Labute approximate surface area is 147 Å². The van der Waals surface area contributed by atoms with E-state index in [9.17, 15) is 4.79 Å². The molecule has 126 valence electrons. The van der Waals surface area contributed by atoms with Gasteiger partial charge in [0.25, 0.3) is 5.91 Å². The third-order valence-electron chi connectivity index (χ3n) is 4.08. The first-order valence-electron chi connectivity index (χ1n) is 8.44. The number of aromatic nitrogens is 1. The number of amides is 1. The second kappa shape index (κ2) is 8.73. The molecule has 5 heteroatoms. The van der Waals surface area contributed by atoms with Crippen LogP contribution in [-0.4, -0.2) is 36.3 Å². The highest BCUT2D eigenvalue weighted by Crippen LogP contribution is 2.21. The van der Waals surface area contributed by atoms with E-state index < -0.39 is 0 Å². The standard InChI is InChI=1S/C19H23N3OS/c23-19(21-11-14-24-15-16-7-2-1-3-8-16)17-9-6-10-20-18(17)22-12-4-5-13-22/h1-3,6-10H,4-5,11-15H2,(H,21,23). The molecule has 0 spiro atoms. The number of benzene rings is 1. The number of nitrogens with one attached hydrogen (secondary N) is 1. The van der Waals surface area contributed by atoms with Crippen LogP contribution in [0.5, 0.6) is 0 Å². The molecule has 1 N–H and O–H groups in total. The number of hydrogen-bond donors (Lipinski definition) is 1. The molecule has 1 aromatic heterocycles. The molecule has 1 saturated heterocycles. The number of carbonyl (C=O) groups excluding carboxylic acids is 1. The molecule has 1 aromatic carbocycles. The monoisotopic (exact) mass is 341 g/mol. The zero-order valence-electron chi connectivity index (χ0n) is 13.8. The summed E-state index contributed by atoms with van der Waals surface area (Å²) in [5, 5.41) is 3.02. The van der Waals surface area contributed by atoms with Gasteiger partial charge in [-0.05, 0) is 30.5 Å². The Balaban J connectivity index is 1.47. The fraction of sp³-hybridized carbons (Fsp3) is 0.368. The van der Waals surface area contributed by atoms with Crippen LogP contribution in [0, 0.1) is 0 Å². The van der Waals surface area contributed by atoms with Crippen LogP contribution in [0.1, 0.15) is 28.8 Å². The van der Waals surface area contributed by atoms with E-state index in [2.05, 4.69) is 39.5 Å². The van der Waals surface area contributed by atoms with Crippen molar-refractivity contribution in [2.75, 3.05) is 30.3 Å². The molecule has 0 radical (unpaired) electrons. The fourth-order valence-electron chi connectivity index (χ4n) is 2.85. The summed E-state index contributed by atoms with van der Waals surface area (Å²) in [5.74, 6) is 2.68. The van der Waals surface area contributed by atoms with Crippen LogP contribution in [-0.2, 0) is 5.75 Å². The third-order valence-corrected chi connectivity index (χ3v) is 5.11. The lowest BCUT2D eigenvalue weighted by molar-refractivity contribution is 0.0956. The Bertz CT molecular complexity index is 657. The highest BCUT2D eigenvalue weighted by Gasteiger charge is 2.20. The van der Waals surface area contributed by atoms with Crippen LogP contribution < -0.4 is 10.2 Å². The molecule has 3 rings (SSSR count). The molecule has 0 atom stereocenters. The van der Waals surface area contributed by atoms with Gasteiger partial charge in [-0.25, -0.2) is 4.98 Å². The normalized spacial score (nSPS) is 13.9.